The maximum atomic E-state index is 8.75. The number of aromatic nitrogens is 3. The van der Waals surface area contributed by atoms with Gasteiger partial charge in [-0.25, -0.2) is 0 Å². The predicted molar refractivity (Wildman–Crippen MR) is 80.0 cm³/mol. The third-order valence-corrected chi connectivity index (χ3v) is 2.95. The molecule has 0 aliphatic heterocycles. The van der Waals surface area contributed by atoms with Gasteiger partial charge in [-0.1, -0.05) is 23.4 Å². The first-order chi connectivity index (χ1) is 10.4. The molecular formula is C15H22N4O2. The number of nitrogens with one attached hydrogen (secondary N) is 1. The highest BCUT2D eigenvalue weighted by Crippen LogP contribution is 2.08. The molecule has 2 aromatic rings. The van der Waals surface area contributed by atoms with E-state index in [-0.39, 0.29) is 6.61 Å². The molecule has 0 saturated carbocycles. The van der Waals surface area contributed by atoms with E-state index in [1.54, 1.807) is 4.68 Å². The van der Waals surface area contributed by atoms with Crippen LogP contribution in [-0.2, 0) is 13.1 Å². The van der Waals surface area contributed by atoms with Gasteiger partial charge in [-0.15, -0.1) is 5.10 Å². The van der Waals surface area contributed by atoms with Gasteiger partial charge in [0.05, 0.1) is 12.3 Å². The average molecular weight is 290 g/mol. The molecule has 2 N–H and O–H groups in total. The van der Waals surface area contributed by atoms with Crippen molar-refractivity contribution >= 4 is 0 Å². The van der Waals surface area contributed by atoms with Crippen LogP contribution in [0.1, 0.15) is 18.5 Å². The maximum Gasteiger partial charge on any atom is 0.119 e. The number of aliphatic hydroxyl groups is 1. The summed E-state index contributed by atoms with van der Waals surface area (Å²) in [5.41, 5.74) is 0.914. The summed E-state index contributed by atoms with van der Waals surface area (Å²) in [4.78, 5) is 0. The summed E-state index contributed by atoms with van der Waals surface area (Å²) < 4.78 is 7.37. The maximum absolute atomic E-state index is 8.75. The van der Waals surface area contributed by atoms with Crippen molar-refractivity contribution < 1.29 is 9.84 Å². The zero-order valence-corrected chi connectivity index (χ0v) is 12.1. The fourth-order valence-corrected chi connectivity index (χ4v) is 1.88. The molecule has 0 bridgehead atoms. The van der Waals surface area contributed by atoms with E-state index in [0.717, 1.165) is 24.4 Å². The number of ether oxygens (including phenoxy) is 1. The second-order valence-electron chi connectivity index (χ2n) is 4.74. The van der Waals surface area contributed by atoms with Gasteiger partial charge in [-0.05, 0) is 31.5 Å². The molecule has 1 aromatic carbocycles. The van der Waals surface area contributed by atoms with Crippen molar-refractivity contribution in [3.63, 3.8) is 0 Å². The fraction of sp³-hybridized carbons (Fsp3) is 0.467. The first-order valence-electron chi connectivity index (χ1n) is 7.27. The number of benzene rings is 1. The van der Waals surface area contributed by atoms with E-state index in [4.69, 9.17) is 9.84 Å². The summed E-state index contributed by atoms with van der Waals surface area (Å²) in [6.45, 7) is 3.14. The molecule has 2 rings (SSSR count). The van der Waals surface area contributed by atoms with Gasteiger partial charge in [0, 0.05) is 25.9 Å². The number of rotatable bonds is 10. The molecule has 0 spiro atoms. The molecule has 6 nitrogen and oxygen atoms in total. The summed E-state index contributed by atoms with van der Waals surface area (Å²) in [5, 5.41) is 20.1. The molecule has 0 unspecified atom stereocenters. The van der Waals surface area contributed by atoms with Gasteiger partial charge >= 0.3 is 0 Å². The van der Waals surface area contributed by atoms with E-state index < -0.39 is 0 Å². The minimum atomic E-state index is 0.175. The third kappa shape index (κ3) is 5.93. The van der Waals surface area contributed by atoms with Crippen molar-refractivity contribution in [2.45, 2.75) is 25.9 Å². The molecule has 0 aliphatic carbocycles. The topological polar surface area (TPSA) is 72.2 Å². The van der Waals surface area contributed by atoms with E-state index >= 15 is 0 Å². The van der Waals surface area contributed by atoms with Crippen molar-refractivity contribution in [1.82, 2.24) is 20.3 Å². The van der Waals surface area contributed by atoms with E-state index in [2.05, 4.69) is 15.6 Å². The van der Waals surface area contributed by atoms with Crippen molar-refractivity contribution in [2.75, 3.05) is 19.8 Å². The molecule has 114 valence electrons. The van der Waals surface area contributed by atoms with E-state index in [9.17, 15) is 0 Å². The lowest BCUT2D eigenvalue weighted by Gasteiger charge is -2.06. The van der Waals surface area contributed by atoms with Crippen molar-refractivity contribution in [3.8, 4) is 5.75 Å². The molecule has 0 fully saturated rings. The smallest absolute Gasteiger partial charge is 0.119 e. The Hall–Kier alpha value is -1.92. The highest BCUT2D eigenvalue weighted by Gasteiger charge is 2.00. The second-order valence-corrected chi connectivity index (χ2v) is 4.74. The summed E-state index contributed by atoms with van der Waals surface area (Å²) in [7, 11) is 0. The van der Waals surface area contributed by atoms with Crippen LogP contribution in [0.5, 0.6) is 5.75 Å². The van der Waals surface area contributed by atoms with Crippen LogP contribution in [0.4, 0.5) is 0 Å². The number of nitrogens with zero attached hydrogens (tertiary/aromatic N) is 3. The molecule has 0 saturated heterocycles. The molecule has 0 atom stereocenters. The SMILES string of the molecule is OCCCn1cc(CNCCCOc2ccccc2)nn1. The van der Waals surface area contributed by atoms with Crippen LogP contribution in [0.2, 0.25) is 0 Å². The van der Waals surface area contributed by atoms with Gasteiger partial charge in [0.25, 0.3) is 0 Å². The predicted octanol–water partition coefficient (Wildman–Crippen LogP) is 1.22. The second kappa shape index (κ2) is 9.10. The first kappa shape index (κ1) is 15.5. The van der Waals surface area contributed by atoms with Crippen molar-refractivity contribution in [1.29, 1.82) is 0 Å². The van der Waals surface area contributed by atoms with Gasteiger partial charge in [0.2, 0.25) is 0 Å². The highest BCUT2D eigenvalue weighted by atomic mass is 16.5. The standard InChI is InChI=1S/C15H22N4O2/c20-10-5-9-19-13-14(17-18-19)12-16-8-4-11-21-15-6-2-1-3-7-15/h1-3,6-7,13,16,20H,4-5,8-12H2. The van der Waals surface area contributed by atoms with Gasteiger partial charge in [0.15, 0.2) is 0 Å². The number of hydrogen-bond acceptors (Lipinski definition) is 5. The first-order valence-corrected chi connectivity index (χ1v) is 7.27. The minimum Gasteiger partial charge on any atom is -0.494 e. The Labute approximate surface area is 124 Å². The number of hydrogen-bond donors (Lipinski definition) is 2. The molecule has 6 heteroatoms. The number of aliphatic hydroxyl groups excluding tert-OH is 1. The Balaban J connectivity index is 1.54. The summed E-state index contributed by atoms with van der Waals surface area (Å²) in [6.07, 6.45) is 3.55. The molecular weight excluding hydrogens is 268 g/mol. The summed E-state index contributed by atoms with van der Waals surface area (Å²) in [6, 6.07) is 9.82. The third-order valence-electron chi connectivity index (χ3n) is 2.95. The Kier molecular flexibility index (Phi) is 6.70. The average Bonchev–Trinajstić information content (AvgIpc) is 2.97. The van der Waals surface area contributed by atoms with Crippen molar-refractivity contribution in [3.05, 3.63) is 42.2 Å². The molecule has 0 aliphatic rings. The Morgan fingerprint density at radius 3 is 2.86 bits per heavy atom. The molecule has 21 heavy (non-hydrogen) atoms. The van der Waals surface area contributed by atoms with Gasteiger partial charge < -0.3 is 15.2 Å². The van der Waals surface area contributed by atoms with E-state index in [0.29, 0.717) is 26.1 Å². The minimum absolute atomic E-state index is 0.175. The van der Waals surface area contributed by atoms with Crippen LogP contribution in [0.25, 0.3) is 0 Å². The lowest BCUT2D eigenvalue weighted by atomic mass is 10.3. The van der Waals surface area contributed by atoms with E-state index in [1.807, 2.05) is 36.5 Å². The Bertz CT molecular complexity index is 501. The normalized spacial score (nSPS) is 10.7. The largest absolute Gasteiger partial charge is 0.494 e. The van der Waals surface area contributed by atoms with Crippen molar-refractivity contribution in [2.24, 2.45) is 0 Å². The van der Waals surface area contributed by atoms with Crippen LogP contribution in [-0.4, -0.2) is 39.9 Å². The highest BCUT2D eigenvalue weighted by molar-refractivity contribution is 5.20. The number of para-hydroxylation sites is 1. The van der Waals surface area contributed by atoms with Crippen LogP contribution in [0.15, 0.2) is 36.5 Å². The molecule has 0 amide bonds. The molecule has 0 radical (unpaired) electrons. The van der Waals surface area contributed by atoms with Crippen LogP contribution in [0.3, 0.4) is 0 Å². The fourth-order valence-electron chi connectivity index (χ4n) is 1.88. The van der Waals surface area contributed by atoms with Crippen LogP contribution < -0.4 is 10.1 Å². The van der Waals surface area contributed by atoms with E-state index in [1.165, 1.54) is 0 Å². The zero-order chi connectivity index (χ0) is 14.8. The van der Waals surface area contributed by atoms with Crippen LogP contribution >= 0.6 is 0 Å². The quantitative estimate of drug-likeness (QED) is 0.644. The Morgan fingerprint density at radius 1 is 1.19 bits per heavy atom. The molecule has 1 heterocycles. The lowest BCUT2D eigenvalue weighted by Crippen LogP contribution is -2.17. The molecule has 1 aromatic heterocycles. The van der Waals surface area contributed by atoms with Crippen LogP contribution in [0, 0.1) is 0 Å². The Morgan fingerprint density at radius 2 is 2.05 bits per heavy atom. The summed E-state index contributed by atoms with van der Waals surface area (Å²) in [5.74, 6) is 0.907. The monoisotopic (exact) mass is 290 g/mol. The van der Waals surface area contributed by atoms with Gasteiger partial charge in [0.1, 0.15) is 5.75 Å². The summed E-state index contributed by atoms with van der Waals surface area (Å²) >= 11 is 0. The lowest BCUT2D eigenvalue weighted by molar-refractivity contribution is 0.276. The zero-order valence-electron chi connectivity index (χ0n) is 12.1. The van der Waals surface area contributed by atoms with Gasteiger partial charge in [-0.2, -0.15) is 0 Å². The number of aryl methyl sites for hydroxylation is 1. The van der Waals surface area contributed by atoms with Gasteiger partial charge in [-0.3, -0.25) is 4.68 Å².